The number of morpholine rings is 1. The predicted octanol–water partition coefficient (Wildman–Crippen LogP) is 0.588. The normalized spacial score (nSPS) is 17.8. The van der Waals surface area contributed by atoms with Gasteiger partial charge >= 0.3 is 0 Å². The number of hydrogen-bond acceptors (Lipinski definition) is 9. The summed E-state index contributed by atoms with van der Waals surface area (Å²) in [6.45, 7) is 2.02. The van der Waals surface area contributed by atoms with E-state index < -0.39 is 28.2 Å². The molecule has 1 saturated heterocycles. The van der Waals surface area contributed by atoms with Crippen LogP contribution in [-0.2, 0) is 14.3 Å². The van der Waals surface area contributed by atoms with E-state index in [1.165, 1.54) is 25.3 Å². The Hall–Kier alpha value is -4.00. The predicted molar refractivity (Wildman–Crippen MR) is 112 cm³/mol. The van der Waals surface area contributed by atoms with Gasteiger partial charge in [-0.3, -0.25) is 29.5 Å². The van der Waals surface area contributed by atoms with Crippen molar-refractivity contribution >= 4 is 35.0 Å². The van der Waals surface area contributed by atoms with Gasteiger partial charge < -0.3 is 25.0 Å². The lowest BCUT2D eigenvalue weighted by atomic mass is 9.92. The van der Waals surface area contributed by atoms with Crippen molar-refractivity contribution in [1.29, 1.82) is 0 Å². The Balaban J connectivity index is 1.64. The summed E-state index contributed by atoms with van der Waals surface area (Å²) >= 11 is 0. The summed E-state index contributed by atoms with van der Waals surface area (Å²) in [5.74, 6) is -1.81. The average Bonchev–Trinajstić information content (AvgIpc) is 2.78. The first-order valence-corrected chi connectivity index (χ1v) is 9.77. The molecule has 32 heavy (non-hydrogen) atoms. The number of nitrogens with one attached hydrogen (secondary N) is 3. The summed E-state index contributed by atoms with van der Waals surface area (Å²) in [6, 6.07) is 3.70. The zero-order valence-electron chi connectivity index (χ0n) is 17.0. The number of aromatic nitrogens is 2. The fourth-order valence-electron chi connectivity index (χ4n) is 3.62. The smallest absolute Gasteiger partial charge is 0.273 e. The van der Waals surface area contributed by atoms with Gasteiger partial charge in [-0.2, -0.15) is 4.98 Å². The first-order valence-electron chi connectivity index (χ1n) is 9.77. The largest absolute Gasteiger partial charge is 0.494 e. The standard InChI is InChI=1S/C19H20N6O7/c1-31-13-8-10(25(29)30)2-3-12(13)20-17(27)11-9-14(26)21-16-15(11)18(28)23-19(22-16)24-4-6-32-7-5-24/h2-3,8,11H,4-7,9H2,1H3,(H,20,27)(H2,21,22,23,26,28). The topological polar surface area (TPSA) is 169 Å². The van der Waals surface area contributed by atoms with Crippen molar-refractivity contribution in [1.82, 2.24) is 9.97 Å². The molecular formula is C19H20N6O7. The number of hydrogen-bond donors (Lipinski definition) is 3. The highest BCUT2D eigenvalue weighted by atomic mass is 16.6. The van der Waals surface area contributed by atoms with Crippen LogP contribution in [0.2, 0.25) is 0 Å². The fourth-order valence-corrected chi connectivity index (χ4v) is 3.62. The van der Waals surface area contributed by atoms with Gasteiger partial charge in [0.1, 0.15) is 11.6 Å². The van der Waals surface area contributed by atoms with E-state index in [1.54, 1.807) is 0 Å². The van der Waals surface area contributed by atoms with Crippen molar-refractivity contribution in [2.24, 2.45) is 0 Å². The zero-order valence-corrected chi connectivity index (χ0v) is 17.0. The summed E-state index contributed by atoms with van der Waals surface area (Å²) in [6.07, 6.45) is -0.254. The number of carbonyl (C=O) groups excluding carboxylic acids is 2. The molecule has 2 amide bonds. The van der Waals surface area contributed by atoms with Gasteiger partial charge in [0.25, 0.3) is 11.2 Å². The Bertz CT molecular complexity index is 1140. The second kappa shape index (κ2) is 8.63. The van der Waals surface area contributed by atoms with Crippen molar-refractivity contribution in [3.63, 3.8) is 0 Å². The van der Waals surface area contributed by atoms with Crippen LogP contribution in [0.3, 0.4) is 0 Å². The number of ether oxygens (including phenoxy) is 2. The highest BCUT2D eigenvalue weighted by Crippen LogP contribution is 2.33. The molecule has 1 aromatic heterocycles. The van der Waals surface area contributed by atoms with E-state index in [-0.39, 0.29) is 40.9 Å². The number of nitro benzene ring substituents is 1. The van der Waals surface area contributed by atoms with Crippen LogP contribution < -0.4 is 25.8 Å². The molecule has 168 valence electrons. The number of benzene rings is 1. The third kappa shape index (κ3) is 4.09. The van der Waals surface area contributed by atoms with Gasteiger partial charge in [0.15, 0.2) is 0 Å². The molecule has 0 radical (unpaired) electrons. The Morgan fingerprint density at radius 1 is 1.34 bits per heavy atom. The van der Waals surface area contributed by atoms with Crippen molar-refractivity contribution in [3.05, 3.63) is 44.2 Å². The van der Waals surface area contributed by atoms with Crippen LogP contribution in [0.25, 0.3) is 0 Å². The van der Waals surface area contributed by atoms with Crippen LogP contribution in [0, 0.1) is 10.1 Å². The number of aromatic amines is 1. The first-order chi connectivity index (χ1) is 15.4. The number of nitrogens with zero attached hydrogens (tertiary/aromatic N) is 3. The van der Waals surface area contributed by atoms with Crippen molar-refractivity contribution in [2.75, 3.05) is 48.9 Å². The summed E-state index contributed by atoms with van der Waals surface area (Å²) < 4.78 is 10.4. The molecule has 0 saturated carbocycles. The highest BCUT2D eigenvalue weighted by molar-refractivity contribution is 6.05. The maximum absolute atomic E-state index is 13.0. The number of nitro groups is 1. The maximum Gasteiger partial charge on any atom is 0.273 e. The van der Waals surface area contributed by atoms with Crippen molar-refractivity contribution in [2.45, 2.75) is 12.3 Å². The van der Waals surface area contributed by atoms with Crippen molar-refractivity contribution in [3.8, 4) is 5.75 Å². The van der Waals surface area contributed by atoms with Gasteiger partial charge in [0.05, 0.1) is 48.5 Å². The maximum atomic E-state index is 13.0. The fraction of sp³-hybridized carbons (Fsp3) is 0.368. The minimum atomic E-state index is -1.10. The Labute approximate surface area is 180 Å². The number of non-ortho nitro benzene ring substituents is 1. The third-order valence-electron chi connectivity index (χ3n) is 5.22. The average molecular weight is 444 g/mol. The summed E-state index contributed by atoms with van der Waals surface area (Å²) in [4.78, 5) is 57.4. The number of fused-ring (bicyclic) bond motifs is 1. The van der Waals surface area contributed by atoms with E-state index in [0.717, 1.165) is 0 Å². The molecule has 4 rings (SSSR count). The Morgan fingerprint density at radius 2 is 2.09 bits per heavy atom. The van der Waals surface area contributed by atoms with E-state index in [9.17, 15) is 24.5 Å². The van der Waals surface area contributed by atoms with Gasteiger partial charge in [0.2, 0.25) is 17.8 Å². The zero-order chi connectivity index (χ0) is 22.8. The van der Waals surface area contributed by atoms with E-state index >= 15 is 0 Å². The van der Waals surface area contributed by atoms with Gasteiger partial charge in [-0.15, -0.1) is 0 Å². The lowest BCUT2D eigenvalue weighted by molar-refractivity contribution is -0.384. The molecule has 3 heterocycles. The molecule has 0 aliphatic carbocycles. The van der Waals surface area contributed by atoms with E-state index in [4.69, 9.17) is 9.47 Å². The molecule has 2 aliphatic heterocycles. The van der Waals surface area contributed by atoms with Crippen LogP contribution >= 0.6 is 0 Å². The van der Waals surface area contributed by atoms with Gasteiger partial charge in [-0.25, -0.2) is 0 Å². The molecule has 1 atom stereocenters. The van der Waals surface area contributed by atoms with Crippen LogP contribution in [0.15, 0.2) is 23.0 Å². The van der Waals surface area contributed by atoms with Crippen LogP contribution in [0.4, 0.5) is 23.1 Å². The Morgan fingerprint density at radius 3 is 2.78 bits per heavy atom. The second-order valence-corrected chi connectivity index (χ2v) is 7.19. The van der Waals surface area contributed by atoms with Crippen LogP contribution in [0.5, 0.6) is 5.75 Å². The first kappa shape index (κ1) is 21.2. The van der Waals surface area contributed by atoms with E-state index in [2.05, 4.69) is 20.6 Å². The SMILES string of the molecule is COc1cc([N+](=O)[O-])ccc1NC(=O)C1CC(=O)Nc2nc(N3CCOCC3)[nH]c(=O)c21. The lowest BCUT2D eigenvalue weighted by Crippen LogP contribution is -2.41. The van der Waals surface area contributed by atoms with Crippen molar-refractivity contribution < 1.29 is 24.0 Å². The molecule has 2 aliphatic rings. The summed E-state index contributed by atoms with van der Waals surface area (Å²) in [5, 5.41) is 16.1. The second-order valence-electron chi connectivity index (χ2n) is 7.19. The van der Waals surface area contributed by atoms with Gasteiger partial charge in [-0.1, -0.05) is 0 Å². The number of amides is 2. The number of methoxy groups -OCH3 is 1. The lowest BCUT2D eigenvalue weighted by Gasteiger charge is -2.29. The molecule has 1 fully saturated rings. The molecule has 13 nitrogen and oxygen atoms in total. The highest BCUT2D eigenvalue weighted by Gasteiger charge is 2.35. The molecule has 1 aromatic carbocycles. The minimum absolute atomic E-state index is 0.0299. The number of carbonyl (C=O) groups is 2. The van der Waals surface area contributed by atoms with Gasteiger partial charge in [0, 0.05) is 25.6 Å². The molecule has 3 N–H and O–H groups in total. The molecule has 0 bridgehead atoms. The Kier molecular flexibility index (Phi) is 5.73. The van der Waals surface area contributed by atoms with Crippen LogP contribution in [0.1, 0.15) is 17.9 Å². The van der Waals surface area contributed by atoms with Crippen LogP contribution in [-0.4, -0.2) is 60.1 Å². The summed E-state index contributed by atoms with van der Waals surface area (Å²) in [5.41, 5.74) is -0.532. The van der Waals surface area contributed by atoms with Gasteiger partial charge in [-0.05, 0) is 6.07 Å². The molecule has 1 unspecified atom stereocenters. The third-order valence-corrected chi connectivity index (χ3v) is 5.22. The number of anilines is 3. The minimum Gasteiger partial charge on any atom is -0.494 e. The molecule has 13 heteroatoms. The monoisotopic (exact) mass is 444 g/mol. The van der Waals surface area contributed by atoms with E-state index in [0.29, 0.717) is 26.3 Å². The molecular weight excluding hydrogens is 424 g/mol. The molecule has 2 aromatic rings. The summed E-state index contributed by atoms with van der Waals surface area (Å²) in [7, 11) is 1.31. The molecule has 0 spiro atoms. The number of H-pyrrole nitrogens is 1. The quantitative estimate of drug-likeness (QED) is 0.441. The van der Waals surface area contributed by atoms with E-state index in [1.807, 2.05) is 4.90 Å². The number of rotatable bonds is 5.